The number of nitriles is 1. The molecule has 1 fully saturated rings. The molecule has 124 valence electrons. The molecule has 0 amide bonds. The minimum atomic E-state index is -3.30. The standard InChI is InChI=1S/C20H16N2O2S/c1-25(23,24)19-7-6-16(13-22-19)18-11-20(8-9-20)10-17(18)15-4-2-14(12-21)3-5-15/h2-7,10-11,13H,8-9H2,1H3. The van der Waals surface area contributed by atoms with E-state index in [1.807, 2.05) is 30.3 Å². The quantitative estimate of drug-likeness (QED) is 0.849. The van der Waals surface area contributed by atoms with Gasteiger partial charge in [0.25, 0.3) is 0 Å². The maximum Gasteiger partial charge on any atom is 0.192 e. The lowest BCUT2D eigenvalue weighted by Crippen LogP contribution is -2.00. The van der Waals surface area contributed by atoms with Gasteiger partial charge >= 0.3 is 0 Å². The Bertz CT molecular complexity index is 1050. The average Bonchev–Trinajstić information content (AvgIpc) is 3.25. The topological polar surface area (TPSA) is 70.8 Å². The Morgan fingerprint density at radius 3 is 2.08 bits per heavy atom. The van der Waals surface area contributed by atoms with E-state index in [1.54, 1.807) is 12.3 Å². The zero-order chi connectivity index (χ0) is 17.7. The van der Waals surface area contributed by atoms with Crippen LogP contribution >= 0.6 is 0 Å². The maximum atomic E-state index is 11.6. The monoisotopic (exact) mass is 348 g/mol. The van der Waals surface area contributed by atoms with Crippen molar-refractivity contribution < 1.29 is 8.42 Å². The van der Waals surface area contributed by atoms with E-state index in [1.165, 1.54) is 0 Å². The number of aromatic nitrogens is 1. The fraction of sp³-hybridized carbons (Fsp3) is 0.200. The second-order valence-corrected chi connectivity index (χ2v) is 8.66. The first-order valence-electron chi connectivity index (χ1n) is 8.03. The molecule has 1 heterocycles. The molecule has 25 heavy (non-hydrogen) atoms. The molecule has 4 nitrogen and oxygen atoms in total. The van der Waals surface area contributed by atoms with Crippen molar-refractivity contribution in [2.75, 3.05) is 6.26 Å². The van der Waals surface area contributed by atoms with Crippen molar-refractivity contribution in [2.45, 2.75) is 17.9 Å². The van der Waals surface area contributed by atoms with Crippen LogP contribution in [0.2, 0.25) is 0 Å². The molecule has 5 heteroatoms. The lowest BCUT2D eigenvalue weighted by atomic mass is 9.95. The van der Waals surface area contributed by atoms with Gasteiger partial charge in [-0.15, -0.1) is 0 Å². The fourth-order valence-electron chi connectivity index (χ4n) is 3.17. The molecular formula is C20H16N2O2S. The predicted octanol–water partition coefficient (Wildman–Crippen LogP) is 3.62. The van der Waals surface area contributed by atoms with Crippen molar-refractivity contribution >= 4 is 21.0 Å². The number of allylic oxidation sites excluding steroid dienone is 4. The van der Waals surface area contributed by atoms with Gasteiger partial charge in [0, 0.05) is 23.4 Å². The lowest BCUT2D eigenvalue weighted by molar-refractivity contribution is 0.598. The summed E-state index contributed by atoms with van der Waals surface area (Å²) in [6.45, 7) is 0. The summed E-state index contributed by atoms with van der Waals surface area (Å²) in [5.41, 5.74) is 4.93. The molecule has 1 aromatic carbocycles. The van der Waals surface area contributed by atoms with E-state index < -0.39 is 9.84 Å². The molecule has 4 rings (SSSR count). The van der Waals surface area contributed by atoms with Gasteiger partial charge in [-0.3, -0.25) is 0 Å². The highest BCUT2D eigenvalue weighted by atomic mass is 32.2. The van der Waals surface area contributed by atoms with Crippen molar-refractivity contribution in [3.63, 3.8) is 0 Å². The summed E-state index contributed by atoms with van der Waals surface area (Å²) in [4.78, 5) is 4.12. The van der Waals surface area contributed by atoms with Gasteiger partial charge in [0.2, 0.25) is 0 Å². The number of benzene rings is 1. The predicted molar refractivity (Wildman–Crippen MR) is 96.1 cm³/mol. The van der Waals surface area contributed by atoms with Gasteiger partial charge in [-0.25, -0.2) is 13.4 Å². The summed E-state index contributed by atoms with van der Waals surface area (Å²) in [5, 5.41) is 9.06. The van der Waals surface area contributed by atoms with Crippen LogP contribution in [0.25, 0.3) is 11.1 Å². The van der Waals surface area contributed by atoms with Gasteiger partial charge < -0.3 is 0 Å². The summed E-state index contributed by atoms with van der Waals surface area (Å²) in [6.07, 6.45) is 9.59. The van der Waals surface area contributed by atoms with E-state index in [-0.39, 0.29) is 10.4 Å². The number of rotatable bonds is 3. The van der Waals surface area contributed by atoms with Crippen molar-refractivity contribution in [1.82, 2.24) is 4.98 Å². The summed E-state index contributed by atoms with van der Waals surface area (Å²) in [6, 6.07) is 13.0. The summed E-state index contributed by atoms with van der Waals surface area (Å²) in [5.74, 6) is 0. The van der Waals surface area contributed by atoms with E-state index in [9.17, 15) is 8.42 Å². The van der Waals surface area contributed by atoms with Crippen LogP contribution in [0.1, 0.15) is 29.5 Å². The van der Waals surface area contributed by atoms with Crippen LogP contribution < -0.4 is 0 Å². The van der Waals surface area contributed by atoms with E-state index >= 15 is 0 Å². The zero-order valence-electron chi connectivity index (χ0n) is 13.7. The summed E-state index contributed by atoms with van der Waals surface area (Å²) < 4.78 is 23.2. The molecule has 0 saturated heterocycles. The molecule has 2 aliphatic carbocycles. The van der Waals surface area contributed by atoms with E-state index in [4.69, 9.17) is 5.26 Å². The molecule has 0 atom stereocenters. The average molecular weight is 348 g/mol. The van der Waals surface area contributed by atoms with Crippen LogP contribution in [0, 0.1) is 16.7 Å². The smallest absolute Gasteiger partial charge is 0.192 e. The first kappa shape index (κ1) is 15.8. The Labute approximate surface area is 147 Å². The Morgan fingerprint density at radius 1 is 1.00 bits per heavy atom. The minimum absolute atomic E-state index is 0.0832. The van der Waals surface area contributed by atoms with Gasteiger partial charge in [0.05, 0.1) is 11.6 Å². The normalized spacial score (nSPS) is 17.8. The Hall–Kier alpha value is -2.71. The van der Waals surface area contributed by atoms with Crippen LogP contribution in [0.4, 0.5) is 0 Å². The first-order chi connectivity index (χ1) is 11.9. The van der Waals surface area contributed by atoms with Gasteiger partial charge in [-0.1, -0.05) is 24.3 Å². The molecule has 0 aliphatic heterocycles. The highest BCUT2D eigenvalue weighted by Gasteiger charge is 2.43. The molecule has 1 aromatic heterocycles. The van der Waals surface area contributed by atoms with Crippen LogP contribution in [-0.4, -0.2) is 19.7 Å². The van der Waals surface area contributed by atoms with E-state index in [0.29, 0.717) is 5.56 Å². The molecular weight excluding hydrogens is 332 g/mol. The summed E-state index contributed by atoms with van der Waals surface area (Å²) in [7, 11) is -3.30. The number of hydrogen-bond donors (Lipinski definition) is 0. The van der Waals surface area contributed by atoms with E-state index in [2.05, 4.69) is 23.2 Å². The van der Waals surface area contributed by atoms with Gasteiger partial charge in [-0.05, 0) is 53.8 Å². The third kappa shape index (κ3) is 2.90. The second-order valence-electron chi connectivity index (χ2n) is 6.70. The van der Waals surface area contributed by atoms with Crippen molar-refractivity contribution in [3.05, 3.63) is 71.4 Å². The second kappa shape index (κ2) is 5.40. The van der Waals surface area contributed by atoms with Gasteiger partial charge in [0.15, 0.2) is 14.9 Å². The zero-order valence-corrected chi connectivity index (χ0v) is 14.5. The van der Waals surface area contributed by atoms with Crippen molar-refractivity contribution in [1.29, 1.82) is 5.26 Å². The number of pyridine rings is 1. The lowest BCUT2D eigenvalue weighted by Gasteiger charge is -2.10. The molecule has 0 unspecified atom stereocenters. The Kier molecular flexibility index (Phi) is 3.41. The highest BCUT2D eigenvalue weighted by molar-refractivity contribution is 7.90. The third-order valence-corrected chi connectivity index (χ3v) is 5.73. The third-order valence-electron chi connectivity index (χ3n) is 4.73. The van der Waals surface area contributed by atoms with E-state index in [0.717, 1.165) is 41.4 Å². The molecule has 2 aromatic rings. The largest absolute Gasteiger partial charge is 0.244 e. The number of nitrogens with zero attached hydrogens (tertiary/aromatic N) is 2. The van der Waals surface area contributed by atoms with Crippen molar-refractivity contribution in [2.24, 2.45) is 5.41 Å². The molecule has 0 N–H and O–H groups in total. The maximum absolute atomic E-state index is 11.6. The first-order valence-corrected chi connectivity index (χ1v) is 9.93. The molecule has 1 spiro atoms. The van der Waals surface area contributed by atoms with Crippen LogP contribution in [0.5, 0.6) is 0 Å². The van der Waals surface area contributed by atoms with Crippen LogP contribution in [0.15, 0.2) is 59.8 Å². The fourth-order valence-corrected chi connectivity index (χ4v) is 3.73. The van der Waals surface area contributed by atoms with Gasteiger partial charge in [0.1, 0.15) is 0 Å². The SMILES string of the molecule is CS(=O)(=O)c1ccc(C2=CC3(C=C2c2ccc(C#N)cc2)CC3)cn1. The number of hydrogen-bond acceptors (Lipinski definition) is 4. The van der Waals surface area contributed by atoms with Crippen molar-refractivity contribution in [3.8, 4) is 6.07 Å². The minimum Gasteiger partial charge on any atom is -0.244 e. The van der Waals surface area contributed by atoms with Gasteiger partial charge in [-0.2, -0.15) is 5.26 Å². The molecule has 2 aliphatic rings. The molecule has 0 radical (unpaired) electrons. The van der Waals surface area contributed by atoms with Crippen LogP contribution in [0.3, 0.4) is 0 Å². The Morgan fingerprint density at radius 2 is 1.60 bits per heavy atom. The molecule has 1 saturated carbocycles. The summed E-state index contributed by atoms with van der Waals surface area (Å²) >= 11 is 0. The number of sulfone groups is 1. The van der Waals surface area contributed by atoms with Crippen LogP contribution in [-0.2, 0) is 9.84 Å². The molecule has 0 bridgehead atoms. The highest BCUT2D eigenvalue weighted by Crippen LogP contribution is 2.57. The Balaban J connectivity index is 1.75.